The minimum absolute atomic E-state index is 0.137. The number of H-pyrrole nitrogens is 1. The number of hydrogen-bond donors (Lipinski definition) is 3. The minimum atomic E-state index is -0.698. The highest BCUT2D eigenvalue weighted by Crippen LogP contribution is 2.19. The molecule has 9 nitrogen and oxygen atoms in total. The summed E-state index contributed by atoms with van der Waals surface area (Å²) < 4.78 is 5.21. The SMILES string of the molecule is CCN(CCc1nc2ccc(OC)cc2[nH]1)C(=O)C1CCC(=O)NC(=O)N1. The van der Waals surface area contributed by atoms with Crippen molar-refractivity contribution < 1.29 is 19.1 Å². The maximum atomic E-state index is 12.7. The summed E-state index contributed by atoms with van der Waals surface area (Å²) in [5.41, 5.74) is 1.71. The summed E-state index contributed by atoms with van der Waals surface area (Å²) in [4.78, 5) is 45.2. The Morgan fingerprint density at radius 3 is 2.93 bits per heavy atom. The molecule has 0 radical (unpaired) electrons. The molecule has 0 spiro atoms. The molecule has 144 valence electrons. The molecule has 1 aliphatic heterocycles. The first-order valence-electron chi connectivity index (χ1n) is 8.92. The average Bonchev–Trinajstić information content (AvgIpc) is 2.98. The number of imide groups is 1. The van der Waals surface area contributed by atoms with E-state index in [-0.39, 0.29) is 24.7 Å². The fourth-order valence-corrected chi connectivity index (χ4v) is 3.09. The Bertz CT molecular complexity index is 863. The van der Waals surface area contributed by atoms with Crippen LogP contribution in [0.5, 0.6) is 5.75 Å². The van der Waals surface area contributed by atoms with Crippen molar-refractivity contribution in [2.24, 2.45) is 0 Å². The second-order valence-electron chi connectivity index (χ2n) is 6.35. The maximum absolute atomic E-state index is 12.7. The lowest BCUT2D eigenvalue weighted by atomic mass is 10.1. The van der Waals surface area contributed by atoms with E-state index in [1.807, 2.05) is 25.1 Å². The fourth-order valence-electron chi connectivity index (χ4n) is 3.09. The van der Waals surface area contributed by atoms with Crippen molar-refractivity contribution >= 4 is 28.9 Å². The number of urea groups is 1. The van der Waals surface area contributed by atoms with Crippen molar-refractivity contribution in [3.05, 3.63) is 24.0 Å². The summed E-state index contributed by atoms with van der Waals surface area (Å²) in [5, 5.41) is 4.74. The number of carbonyl (C=O) groups is 3. The Hall–Kier alpha value is -3.10. The van der Waals surface area contributed by atoms with E-state index in [0.717, 1.165) is 22.6 Å². The lowest BCUT2D eigenvalue weighted by molar-refractivity contribution is -0.133. The molecule has 0 aliphatic carbocycles. The van der Waals surface area contributed by atoms with Gasteiger partial charge in [-0.05, 0) is 25.5 Å². The zero-order valence-electron chi connectivity index (χ0n) is 15.4. The van der Waals surface area contributed by atoms with E-state index in [2.05, 4.69) is 20.6 Å². The first-order valence-corrected chi connectivity index (χ1v) is 8.92. The van der Waals surface area contributed by atoms with Crippen LogP contribution in [0, 0.1) is 0 Å². The topological polar surface area (TPSA) is 116 Å². The van der Waals surface area contributed by atoms with Crippen molar-refractivity contribution in [1.29, 1.82) is 0 Å². The molecule has 2 heterocycles. The van der Waals surface area contributed by atoms with Crippen molar-refractivity contribution in [3.8, 4) is 5.75 Å². The van der Waals surface area contributed by atoms with Gasteiger partial charge in [-0.25, -0.2) is 9.78 Å². The van der Waals surface area contributed by atoms with Gasteiger partial charge in [-0.1, -0.05) is 0 Å². The molecule has 2 aromatic rings. The lowest BCUT2D eigenvalue weighted by Crippen LogP contribution is -2.50. The van der Waals surface area contributed by atoms with Gasteiger partial charge in [0.2, 0.25) is 11.8 Å². The van der Waals surface area contributed by atoms with E-state index in [1.165, 1.54) is 0 Å². The van der Waals surface area contributed by atoms with E-state index in [0.29, 0.717) is 19.5 Å². The summed E-state index contributed by atoms with van der Waals surface area (Å²) in [5.74, 6) is 0.949. The highest BCUT2D eigenvalue weighted by Gasteiger charge is 2.29. The lowest BCUT2D eigenvalue weighted by Gasteiger charge is -2.25. The number of aromatic nitrogens is 2. The molecule has 4 amide bonds. The average molecular weight is 373 g/mol. The molecule has 1 aromatic heterocycles. The number of fused-ring (bicyclic) bond motifs is 1. The molecule has 1 aromatic carbocycles. The number of nitrogens with one attached hydrogen (secondary N) is 3. The summed E-state index contributed by atoms with van der Waals surface area (Å²) in [6.07, 6.45) is 0.976. The molecule has 0 bridgehead atoms. The molecule has 9 heteroatoms. The summed E-state index contributed by atoms with van der Waals surface area (Å²) >= 11 is 0. The van der Waals surface area contributed by atoms with Gasteiger partial charge in [-0.2, -0.15) is 0 Å². The molecule has 0 saturated carbocycles. The second-order valence-corrected chi connectivity index (χ2v) is 6.35. The monoisotopic (exact) mass is 373 g/mol. The van der Waals surface area contributed by atoms with Gasteiger partial charge >= 0.3 is 6.03 Å². The number of imidazole rings is 1. The van der Waals surface area contributed by atoms with Gasteiger partial charge in [0, 0.05) is 32.0 Å². The third-order valence-corrected chi connectivity index (χ3v) is 4.57. The van der Waals surface area contributed by atoms with Crippen molar-refractivity contribution in [2.75, 3.05) is 20.2 Å². The van der Waals surface area contributed by atoms with Crippen molar-refractivity contribution in [3.63, 3.8) is 0 Å². The third kappa shape index (κ3) is 4.36. The first-order chi connectivity index (χ1) is 13.0. The van der Waals surface area contributed by atoms with E-state index in [9.17, 15) is 14.4 Å². The molecule has 1 saturated heterocycles. The van der Waals surface area contributed by atoms with Crippen LogP contribution < -0.4 is 15.4 Å². The smallest absolute Gasteiger partial charge is 0.322 e. The number of methoxy groups -OCH3 is 1. The number of benzene rings is 1. The Kier molecular flexibility index (Phi) is 5.58. The van der Waals surface area contributed by atoms with Crippen LogP contribution in [0.25, 0.3) is 11.0 Å². The number of aromatic amines is 1. The zero-order valence-corrected chi connectivity index (χ0v) is 15.4. The largest absolute Gasteiger partial charge is 0.497 e. The van der Waals surface area contributed by atoms with Crippen LogP contribution >= 0.6 is 0 Å². The van der Waals surface area contributed by atoms with E-state index >= 15 is 0 Å². The Labute approximate surface area is 156 Å². The Morgan fingerprint density at radius 2 is 2.19 bits per heavy atom. The van der Waals surface area contributed by atoms with Gasteiger partial charge in [0.15, 0.2) is 0 Å². The fraction of sp³-hybridized carbons (Fsp3) is 0.444. The molecule has 27 heavy (non-hydrogen) atoms. The number of likely N-dealkylation sites (N-methyl/N-ethyl adjacent to an activating group) is 1. The minimum Gasteiger partial charge on any atom is -0.497 e. The molecule has 1 atom stereocenters. The number of nitrogens with zero attached hydrogens (tertiary/aromatic N) is 2. The number of amides is 4. The van der Waals surface area contributed by atoms with Gasteiger partial charge in [0.1, 0.15) is 17.6 Å². The molecular formula is C18H23N5O4. The van der Waals surface area contributed by atoms with Gasteiger partial charge in [-0.15, -0.1) is 0 Å². The van der Waals surface area contributed by atoms with Gasteiger partial charge in [0.25, 0.3) is 0 Å². The standard InChI is InChI=1S/C18H23N5O4/c1-3-23(17(25)13-6-7-16(24)22-18(26)21-13)9-8-15-19-12-5-4-11(27-2)10-14(12)20-15/h4-5,10,13H,3,6-9H2,1-2H3,(H,19,20)(H2,21,22,24,26). The van der Waals surface area contributed by atoms with Crippen LogP contribution in [0.1, 0.15) is 25.6 Å². The van der Waals surface area contributed by atoms with Crippen molar-refractivity contribution in [2.45, 2.75) is 32.2 Å². The van der Waals surface area contributed by atoms with E-state index < -0.39 is 12.1 Å². The number of carbonyl (C=O) groups excluding carboxylic acids is 3. The summed E-state index contributed by atoms with van der Waals surface area (Å²) in [7, 11) is 1.61. The first kappa shape index (κ1) is 18.7. The molecule has 1 unspecified atom stereocenters. The zero-order chi connectivity index (χ0) is 19.4. The van der Waals surface area contributed by atoms with Gasteiger partial charge < -0.3 is 19.9 Å². The van der Waals surface area contributed by atoms with E-state index in [1.54, 1.807) is 12.0 Å². The van der Waals surface area contributed by atoms with Crippen LogP contribution in [0.15, 0.2) is 18.2 Å². The summed E-state index contributed by atoms with van der Waals surface area (Å²) in [6.45, 7) is 2.84. The Balaban J connectivity index is 1.65. The second kappa shape index (κ2) is 8.07. The summed E-state index contributed by atoms with van der Waals surface area (Å²) in [6, 6.07) is 4.27. The van der Waals surface area contributed by atoms with Crippen LogP contribution in [0.4, 0.5) is 4.79 Å². The number of rotatable bonds is 6. The molecule has 1 fully saturated rings. The number of hydrogen-bond acceptors (Lipinski definition) is 5. The predicted molar refractivity (Wildman–Crippen MR) is 98.3 cm³/mol. The van der Waals surface area contributed by atoms with Crippen LogP contribution in [0.3, 0.4) is 0 Å². The van der Waals surface area contributed by atoms with Crippen LogP contribution in [-0.4, -0.2) is 59.0 Å². The molecule has 1 aliphatic rings. The maximum Gasteiger partial charge on any atom is 0.322 e. The van der Waals surface area contributed by atoms with Crippen LogP contribution in [0.2, 0.25) is 0 Å². The van der Waals surface area contributed by atoms with Crippen LogP contribution in [-0.2, 0) is 16.0 Å². The highest BCUT2D eigenvalue weighted by atomic mass is 16.5. The quantitative estimate of drug-likeness (QED) is 0.697. The third-order valence-electron chi connectivity index (χ3n) is 4.57. The predicted octanol–water partition coefficient (Wildman–Crippen LogP) is 0.951. The van der Waals surface area contributed by atoms with Gasteiger partial charge in [-0.3, -0.25) is 14.9 Å². The van der Waals surface area contributed by atoms with Gasteiger partial charge in [0.05, 0.1) is 18.1 Å². The normalized spacial score (nSPS) is 17.2. The van der Waals surface area contributed by atoms with E-state index in [4.69, 9.17) is 4.74 Å². The molecule has 3 rings (SSSR count). The molecular weight excluding hydrogens is 350 g/mol. The highest BCUT2D eigenvalue weighted by molar-refractivity contribution is 5.98. The molecule has 3 N–H and O–H groups in total. The van der Waals surface area contributed by atoms with Crippen molar-refractivity contribution in [1.82, 2.24) is 25.5 Å². The number of ether oxygens (including phenoxy) is 1. The Morgan fingerprint density at radius 1 is 1.37 bits per heavy atom.